The molecule has 0 aromatic rings. The fourth-order valence-electron chi connectivity index (χ4n) is 3.32. The summed E-state index contributed by atoms with van der Waals surface area (Å²) in [5, 5.41) is 0. The van der Waals surface area contributed by atoms with Gasteiger partial charge in [0.25, 0.3) is 0 Å². The molecule has 2 fully saturated rings. The van der Waals surface area contributed by atoms with Crippen LogP contribution in [-0.2, 0) is 0 Å². The number of hydrogen-bond acceptors (Lipinski definition) is 2. The van der Waals surface area contributed by atoms with Crippen LogP contribution < -0.4 is 11.5 Å². The molecule has 4 N–H and O–H groups in total. The molecule has 2 aliphatic rings. The van der Waals surface area contributed by atoms with Crippen LogP contribution in [-0.4, -0.2) is 12.1 Å². The Labute approximate surface area is 101 Å². The summed E-state index contributed by atoms with van der Waals surface area (Å²) < 4.78 is 0. The zero-order chi connectivity index (χ0) is 10.7. The highest BCUT2D eigenvalue weighted by atomic mass is 14.6. The molecule has 96 valence electrons. The van der Waals surface area contributed by atoms with Gasteiger partial charge < -0.3 is 11.5 Å². The van der Waals surface area contributed by atoms with E-state index in [9.17, 15) is 0 Å². The molecule has 0 bridgehead atoms. The SMILES string of the molecule is C.NC1CCC(CC2CCC(N)CC2)CC1. The summed E-state index contributed by atoms with van der Waals surface area (Å²) in [7, 11) is 0. The lowest BCUT2D eigenvalue weighted by Crippen LogP contribution is -2.30. The number of rotatable bonds is 2. The summed E-state index contributed by atoms with van der Waals surface area (Å²) in [6.07, 6.45) is 12.0. The van der Waals surface area contributed by atoms with E-state index in [4.69, 9.17) is 11.5 Å². The Kier molecular flexibility index (Phi) is 5.77. The van der Waals surface area contributed by atoms with Crippen LogP contribution in [0.15, 0.2) is 0 Å². The highest BCUT2D eigenvalue weighted by molar-refractivity contribution is 4.80. The summed E-state index contributed by atoms with van der Waals surface area (Å²) in [4.78, 5) is 0. The molecule has 0 heterocycles. The lowest BCUT2D eigenvalue weighted by atomic mass is 9.76. The van der Waals surface area contributed by atoms with E-state index < -0.39 is 0 Å². The first kappa shape index (κ1) is 14.0. The van der Waals surface area contributed by atoms with Crippen molar-refractivity contribution in [2.75, 3.05) is 0 Å². The molecule has 0 radical (unpaired) electrons. The van der Waals surface area contributed by atoms with E-state index in [-0.39, 0.29) is 7.43 Å². The van der Waals surface area contributed by atoms with E-state index in [1.54, 1.807) is 0 Å². The first-order valence-corrected chi connectivity index (χ1v) is 6.75. The van der Waals surface area contributed by atoms with Crippen molar-refractivity contribution in [3.8, 4) is 0 Å². The van der Waals surface area contributed by atoms with Crippen LogP contribution in [0, 0.1) is 11.8 Å². The molecule has 0 unspecified atom stereocenters. The molecule has 2 aliphatic carbocycles. The van der Waals surface area contributed by atoms with Gasteiger partial charge in [0.1, 0.15) is 0 Å². The Morgan fingerprint density at radius 2 is 0.938 bits per heavy atom. The highest BCUT2D eigenvalue weighted by Gasteiger charge is 2.24. The minimum Gasteiger partial charge on any atom is -0.328 e. The molecule has 2 saturated carbocycles. The fourth-order valence-corrected chi connectivity index (χ4v) is 3.32. The van der Waals surface area contributed by atoms with Gasteiger partial charge in [-0.15, -0.1) is 0 Å². The maximum absolute atomic E-state index is 5.93. The molecule has 2 rings (SSSR count). The maximum Gasteiger partial charge on any atom is 0.00390 e. The molecule has 0 saturated heterocycles. The van der Waals surface area contributed by atoms with Crippen molar-refractivity contribution < 1.29 is 0 Å². The largest absolute Gasteiger partial charge is 0.328 e. The Morgan fingerprint density at radius 1 is 0.625 bits per heavy atom. The predicted octanol–water partition coefficient (Wildman–Crippen LogP) is 3.05. The molecular weight excluding hydrogens is 196 g/mol. The van der Waals surface area contributed by atoms with Gasteiger partial charge in [-0.2, -0.15) is 0 Å². The normalized spacial score (nSPS) is 40.1. The minimum atomic E-state index is 0. The molecule has 0 spiro atoms. The number of hydrogen-bond donors (Lipinski definition) is 2. The van der Waals surface area contributed by atoms with Gasteiger partial charge in [-0.25, -0.2) is 0 Å². The Morgan fingerprint density at radius 3 is 1.25 bits per heavy atom. The summed E-state index contributed by atoms with van der Waals surface area (Å²) in [6.45, 7) is 0. The van der Waals surface area contributed by atoms with Gasteiger partial charge in [-0.05, 0) is 69.6 Å². The van der Waals surface area contributed by atoms with Gasteiger partial charge in [0, 0.05) is 12.1 Å². The Balaban J connectivity index is 0.00000128. The lowest BCUT2D eigenvalue weighted by Gasteiger charge is -2.32. The van der Waals surface area contributed by atoms with Crippen LogP contribution in [0.1, 0.15) is 65.2 Å². The fraction of sp³-hybridized carbons (Fsp3) is 1.00. The Bertz CT molecular complexity index is 157. The average molecular weight is 226 g/mol. The lowest BCUT2D eigenvalue weighted by molar-refractivity contribution is 0.225. The molecule has 0 aromatic carbocycles. The van der Waals surface area contributed by atoms with E-state index in [1.165, 1.54) is 57.8 Å². The van der Waals surface area contributed by atoms with Crippen molar-refractivity contribution >= 4 is 0 Å². The predicted molar refractivity (Wildman–Crippen MR) is 71.2 cm³/mol. The molecule has 16 heavy (non-hydrogen) atoms. The van der Waals surface area contributed by atoms with Crippen LogP contribution in [0.2, 0.25) is 0 Å². The third-order valence-corrected chi connectivity index (χ3v) is 4.45. The second-order valence-electron chi connectivity index (χ2n) is 5.80. The van der Waals surface area contributed by atoms with Crippen molar-refractivity contribution in [1.82, 2.24) is 0 Å². The molecule has 2 heteroatoms. The minimum absolute atomic E-state index is 0. The smallest absolute Gasteiger partial charge is 0.00390 e. The van der Waals surface area contributed by atoms with E-state index in [1.807, 2.05) is 0 Å². The second-order valence-corrected chi connectivity index (χ2v) is 5.80. The summed E-state index contributed by atoms with van der Waals surface area (Å²) in [6, 6.07) is 1.00. The number of nitrogens with two attached hydrogens (primary N) is 2. The van der Waals surface area contributed by atoms with E-state index >= 15 is 0 Å². The van der Waals surface area contributed by atoms with E-state index in [0.29, 0.717) is 12.1 Å². The summed E-state index contributed by atoms with van der Waals surface area (Å²) >= 11 is 0. The molecular formula is C14H30N2. The topological polar surface area (TPSA) is 52.0 Å². The summed E-state index contributed by atoms with van der Waals surface area (Å²) in [5.41, 5.74) is 11.9. The van der Waals surface area contributed by atoms with Crippen molar-refractivity contribution in [1.29, 1.82) is 0 Å². The van der Waals surface area contributed by atoms with Crippen molar-refractivity contribution in [2.24, 2.45) is 23.3 Å². The van der Waals surface area contributed by atoms with Gasteiger partial charge in [0.15, 0.2) is 0 Å². The van der Waals surface area contributed by atoms with Gasteiger partial charge in [0.2, 0.25) is 0 Å². The van der Waals surface area contributed by atoms with Crippen LogP contribution in [0.5, 0.6) is 0 Å². The van der Waals surface area contributed by atoms with Crippen molar-refractivity contribution in [3.05, 3.63) is 0 Å². The molecule has 2 nitrogen and oxygen atoms in total. The van der Waals surface area contributed by atoms with Gasteiger partial charge in [0.05, 0.1) is 0 Å². The third kappa shape index (κ3) is 4.06. The molecule has 0 atom stereocenters. The summed E-state index contributed by atoms with van der Waals surface area (Å²) in [5.74, 6) is 1.95. The first-order valence-electron chi connectivity index (χ1n) is 6.75. The van der Waals surface area contributed by atoms with Gasteiger partial charge in [-0.3, -0.25) is 0 Å². The van der Waals surface area contributed by atoms with Gasteiger partial charge in [-0.1, -0.05) is 7.43 Å². The van der Waals surface area contributed by atoms with Crippen molar-refractivity contribution in [2.45, 2.75) is 77.3 Å². The quantitative estimate of drug-likeness (QED) is 0.760. The zero-order valence-electron chi connectivity index (χ0n) is 9.83. The van der Waals surface area contributed by atoms with E-state index in [2.05, 4.69) is 0 Å². The van der Waals surface area contributed by atoms with Crippen LogP contribution in [0.3, 0.4) is 0 Å². The second kappa shape index (κ2) is 6.61. The monoisotopic (exact) mass is 226 g/mol. The Hall–Kier alpha value is -0.0800. The molecule has 0 aliphatic heterocycles. The maximum atomic E-state index is 5.93. The molecule has 0 aromatic heterocycles. The average Bonchev–Trinajstić information content (AvgIpc) is 2.25. The molecule has 0 amide bonds. The zero-order valence-corrected chi connectivity index (χ0v) is 9.83. The third-order valence-electron chi connectivity index (χ3n) is 4.45. The van der Waals surface area contributed by atoms with Crippen molar-refractivity contribution in [3.63, 3.8) is 0 Å². The van der Waals surface area contributed by atoms with Crippen LogP contribution in [0.25, 0.3) is 0 Å². The highest BCUT2D eigenvalue weighted by Crippen LogP contribution is 2.34. The first-order chi connectivity index (χ1) is 7.24. The van der Waals surface area contributed by atoms with Crippen LogP contribution in [0.4, 0.5) is 0 Å². The van der Waals surface area contributed by atoms with Crippen LogP contribution >= 0.6 is 0 Å². The standard InChI is InChI=1S/C13H26N2.CH4/c14-12-5-1-10(2-6-12)9-11-3-7-13(15)8-4-11;/h10-13H,1-9,14-15H2;1H4. The van der Waals surface area contributed by atoms with Gasteiger partial charge >= 0.3 is 0 Å². The van der Waals surface area contributed by atoms with E-state index in [0.717, 1.165) is 11.8 Å².